The largest absolute Gasteiger partial charge is 0.479 e. The van der Waals surface area contributed by atoms with E-state index < -0.39 is 92.5 Å². The molecule has 0 aromatic heterocycles. The fraction of sp³-hybridized carbons (Fsp3) is 0.667. The molecule has 2 aliphatic heterocycles. The van der Waals surface area contributed by atoms with E-state index in [1.807, 2.05) is 0 Å². The van der Waals surface area contributed by atoms with E-state index in [1.165, 1.54) is 14.0 Å². The van der Waals surface area contributed by atoms with Crippen molar-refractivity contribution in [2.24, 2.45) is 0 Å². The third kappa shape index (κ3) is 7.04. The third-order valence-electron chi connectivity index (χ3n) is 6.43. The SMILES string of the molecule is CO[C@@H]1O[C@H](CO)[C@H](O)[C@H](O[C@@H]2O[C@H](CO)[C@H](O)[C@H](O[C@@H](Cc3ccccc3)C(=O)O)[C@H]2O)[C@H]1NC(C)=O. The van der Waals surface area contributed by atoms with E-state index in [1.54, 1.807) is 30.3 Å². The quantitative estimate of drug-likeness (QED) is 0.149. The minimum atomic E-state index is -1.80. The lowest BCUT2D eigenvalue weighted by Gasteiger charge is -2.48. The van der Waals surface area contributed by atoms with Gasteiger partial charge in [0.25, 0.3) is 0 Å². The van der Waals surface area contributed by atoms with Crippen LogP contribution in [0.2, 0.25) is 0 Å². The fourth-order valence-corrected chi connectivity index (χ4v) is 4.51. The highest BCUT2D eigenvalue weighted by Crippen LogP contribution is 2.31. The minimum Gasteiger partial charge on any atom is -0.479 e. The number of aliphatic carboxylic acids is 1. The second-order valence-electron chi connectivity index (χ2n) is 9.10. The number of amides is 1. The van der Waals surface area contributed by atoms with E-state index in [4.69, 9.17) is 23.7 Å². The van der Waals surface area contributed by atoms with Crippen molar-refractivity contribution in [3.63, 3.8) is 0 Å². The number of ether oxygens (including phenoxy) is 5. The fourth-order valence-electron chi connectivity index (χ4n) is 4.51. The van der Waals surface area contributed by atoms with Gasteiger partial charge in [0.2, 0.25) is 5.91 Å². The smallest absolute Gasteiger partial charge is 0.333 e. The van der Waals surface area contributed by atoms with Crippen LogP contribution in [0.25, 0.3) is 0 Å². The van der Waals surface area contributed by atoms with Gasteiger partial charge in [-0.3, -0.25) is 4.79 Å². The Morgan fingerprint density at radius 3 is 2.05 bits per heavy atom. The molecule has 1 amide bonds. The van der Waals surface area contributed by atoms with Gasteiger partial charge >= 0.3 is 5.97 Å². The molecule has 214 valence electrons. The molecule has 14 nitrogen and oxygen atoms in total. The zero-order chi connectivity index (χ0) is 28.0. The monoisotopic (exact) mass is 545 g/mol. The minimum absolute atomic E-state index is 0.0841. The lowest BCUT2D eigenvalue weighted by atomic mass is 9.95. The highest BCUT2D eigenvalue weighted by molar-refractivity contribution is 5.73. The van der Waals surface area contributed by atoms with Gasteiger partial charge in [0.05, 0.1) is 13.2 Å². The summed E-state index contributed by atoms with van der Waals surface area (Å²) in [6, 6.07) is 7.45. The van der Waals surface area contributed by atoms with E-state index in [0.29, 0.717) is 5.56 Å². The molecule has 1 aromatic carbocycles. The Bertz CT molecular complexity index is 905. The summed E-state index contributed by atoms with van der Waals surface area (Å²) >= 11 is 0. The number of carbonyl (C=O) groups excluding carboxylic acids is 1. The molecular formula is C24H35NO13. The van der Waals surface area contributed by atoms with Gasteiger partial charge in [-0.15, -0.1) is 0 Å². The van der Waals surface area contributed by atoms with Crippen molar-refractivity contribution in [1.82, 2.24) is 5.32 Å². The average Bonchev–Trinajstić information content (AvgIpc) is 2.89. The van der Waals surface area contributed by atoms with Crippen LogP contribution in [0.4, 0.5) is 0 Å². The Kier molecular flexibility index (Phi) is 10.9. The maximum atomic E-state index is 11.9. The summed E-state index contributed by atoms with van der Waals surface area (Å²) in [6.45, 7) is -0.165. The second kappa shape index (κ2) is 13.7. The molecule has 2 aliphatic rings. The molecule has 0 saturated carbocycles. The first-order chi connectivity index (χ1) is 18.1. The van der Waals surface area contributed by atoms with Crippen molar-refractivity contribution >= 4 is 11.9 Å². The van der Waals surface area contributed by atoms with Crippen LogP contribution in [0.15, 0.2) is 30.3 Å². The molecular weight excluding hydrogens is 510 g/mol. The topological polar surface area (TPSA) is 214 Å². The highest BCUT2D eigenvalue weighted by Gasteiger charge is 2.52. The lowest BCUT2D eigenvalue weighted by molar-refractivity contribution is -0.348. The molecule has 2 saturated heterocycles. The number of aliphatic hydroxyl groups is 5. The molecule has 38 heavy (non-hydrogen) atoms. The molecule has 3 rings (SSSR count). The predicted octanol–water partition coefficient (Wildman–Crippen LogP) is -2.88. The number of hydrogen-bond acceptors (Lipinski definition) is 12. The molecule has 14 heteroatoms. The van der Waals surface area contributed by atoms with Crippen LogP contribution >= 0.6 is 0 Å². The number of methoxy groups -OCH3 is 1. The molecule has 2 fully saturated rings. The summed E-state index contributed by atoms with van der Waals surface area (Å²) in [5, 5.41) is 64.2. The Morgan fingerprint density at radius 2 is 1.53 bits per heavy atom. The summed E-state index contributed by atoms with van der Waals surface area (Å²) in [5.41, 5.74) is 0.631. The summed E-state index contributed by atoms with van der Waals surface area (Å²) < 4.78 is 27.7. The number of carboxylic acids is 1. The van der Waals surface area contributed by atoms with Gasteiger partial charge in [-0.2, -0.15) is 0 Å². The van der Waals surface area contributed by atoms with Gasteiger partial charge in [0, 0.05) is 20.5 Å². The van der Waals surface area contributed by atoms with E-state index in [-0.39, 0.29) is 6.42 Å². The van der Waals surface area contributed by atoms with E-state index in [2.05, 4.69) is 5.32 Å². The first kappa shape index (κ1) is 30.3. The highest BCUT2D eigenvalue weighted by atomic mass is 16.7. The van der Waals surface area contributed by atoms with Crippen molar-refractivity contribution in [2.75, 3.05) is 20.3 Å². The summed E-state index contributed by atoms with van der Waals surface area (Å²) in [6.07, 6.45) is -14.9. The molecule has 2 heterocycles. The van der Waals surface area contributed by atoms with Gasteiger partial charge in [-0.05, 0) is 5.56 Å². The normalized spacial score (nSPS) is 36.4. The van der Waals surface area contributed by atoms with Gasteiger partial charge in [-0.1, -0.05) is 30.3 Å². The number of benzene rings is 1. The third-order valence-corrected chi connectivity index (χ3v) is 6.43. The lowest BCUT2D eigenvalue weighted by Crippen LogP contribution is -2.68. The van der Waals surface area contributed by atoms with Gasteiger partial charge in [0.1, 0.15) is 48.8 Å². The van der Waals surface area contributed by atoms with Crippen LogP contribution < -0.4 is 5.32 Å². The molecule has 0 bridgehead atoms. The van der Waals surface area contributed by atoms with Crippen molar-refractivity contribution in [2.45, 2.75) is 80.8 Å². The van der Waals surface area contributed by atoms with Crippen LogP contribution in [0.5, 0.6) is 0 Å². The number of carbonyl (C=O) groups is 2. The van der Waals surface area contributed by atoms with Gasteiger partial charge in [-0.25, -0.2) is 4.79 Å². The molecule has 0 radical (unpaired) electrons. The summed E-state index contributed by atoms with van der Waals surface area (Å²) in [5.74, 6) is -1.87. The molecule has 0 aliphatic carbocycles. The van der Waals surface area contributed by atoms with E-state index >= 15 is 0 Å². The number of rotatable bonds is 11. The van der Waals surface area contributed by atoms with E-state index in [0.717, 1.165) is 0 Å². The van der Waals surface area contributed by atoms with Crippen molar-refractivity contribution in [1.29, 1.82) is 0 Å². The number of carboxylic acid groups (broad SMARTS) is 1. The average molecular weight is 546 g/mol. The Labute approximate surface area is 218 Å². The molecule has 0 unspecified atom stereocenters. The van der Waals surface area contributed by atoms with Crippen LogP contribution in [-0.2, 0) is 39.7 Å². The Hall–Kier alpha value is -2.24. The Morgan fingerprint density at radius 1 is 0.947 bits per heavy atom. The Balaban J connectivity index is 1.85. The molecule has 7 N–H and O–H groups in total. The van der Waals surface area contributed by atoms with Crippen LogP contribution in [0, 0.1) is 0 Å². The zero-order valence-electron chi connectivity index (χ0n) is 20.9. The van der Waals surface area contributed by atoms with Crippen LogP contribution in [0.1, 0.15) is 12.5 Å². The van der Waals surface area contributed by atoms with E-state index in [9.17, 15) is 40.2 Å². The maximum Gasteiger partial charge on any atom is 0.333 e. The summed E-state index contributed by atoms with van der Waals surface area (Å²) in [7, 11) is 1.27. The zero-order valence-corrected chi connectivity index (χ0v) is 20.9. The standard InChI is InChI=1S/C24H35NO13/c1-11(28)25-16-20(17(29)14(9-26)36-23(16)34-2)38-24-19(31)21(18(30)15(10-27)37-24)35-13(22(32)33)8-12-6-4-3-5-7-12/h3-7,13-21,23-24,26-27,29-31H,8-10H2,1-2H3,(H,25,28)(H,32,33)/t13-,14+,15+,16+,17-,18-,19+,20+,21-,23+,24-/m0/s1. The van der Waals surface area contributed by atoms with Gasteiger partial charge in [0.15, 0.2) is 18.7 Å². The van der Waals surface area contributed by atoms with Crippen molar-refractivity contribution < 1.29 is 63.9 Å². The first-order valence-electron chi connectivity index (χ1n) is 12.1. The number of nitrogens with one attached hydrogen (secondary N) is 1. The molecule has 11 atom stereocenters. The second-order valence-corrected chi connectivity index (χ2v) is 9.10. The molecule has 0 spiro atoms. The number of aliphatic hydroxyl groups excluding tert-OH is 5. The van der Waals surface area contributed by atoms with Crippen molar-refractivity contribution in [3.05, 3.63) is 35.9 Å². The number of hydrogen-bond donors (Lipinski definition) is 7. The predicted molar refractivity (Wildman–Crippen MR) is 125 cm³/mol. The summed E-state index contributed by atoms with van der Waals surface area (Å²) in [4.78, 5) is 23.8. The first-order valence-corrected chi connectivity index (χ1v) is 12.1. The van der Waals surface area contributed by atoms with Crippen molar-refractivity contribution in [3.8, 4) is 0 Å². The van der Waals surface area contributed by atoms with Gasteiger partial charge < -0.3 is 59.6 Å². The van der Waals surface area contributed by atoms with Crippen LogP contribution in [0.3, 0.4) is 0 Å². The maximum absolute atomic E-state index is 11.9. The molecule has 1 aromatic rings. The van der Waals surface area contributed by atoms with Crippen LogP contribution in [-0.4, -0.2) is 130 Å².